The van der Waals surface area contributed by atoms with E-state index in [1.54, 1.807) is 0 Å². The monoisotopic (exact) mass is 467 g/mol. The number of aryl methyl sites for hydroxylation is 2. The van der Waals surface area contributed by atoms with E-state index in [-0.39, 0.29) is 41.9 Å². The normalized spacial score (nSPS) is 11.0. The predicted molar refractivity (Wildman–Crippen MR) is 110 cm³/mol. The van der Waals surface area contributed by atoms with E-state index in [0.29, 0.717) is 0 Å². The SMILES string of the molecule is C/C(=N\c1ccccc1C)c1cccc(/C(C)=N/c2ccccc2C)n1.[Cl-].[Cl-].[Fe+2]. The zero-order valence-electron chi connectivity index (χ0n) is 16.8. The molecule has 0 aliphatic rings. The Morgan fingerprint density at radius 1 is 0.621 bits per heavy atom. The number of para-hydroxylation sites is 2. The van der Waals surface area contributed by atoms with Gasteiger partial charge < -0.3 is 24.8 Å². The Labute approximate surface area is 196 Å². The summed E-state index contributed by atoms with van der Waals surface area (Å²) in [4.78, 5) is 14.2. The summed E-state index contributed by atoms with van der Waals surface area (Å²) in [5.74, 6) is 0. The van der Waals surface area contributed by atoms with Gasteiger partial charge in [0.15, 0.2) is 0 Å². The van der Waals surface area contributed by atoms with Crippen LogP contribution < -0.4 is 24.8 Å². The molecule has 0 saturated carbocycles. The molecular weight excluding hydrogens is 445 g/mol. The summed E-state index contributed by atoms with van der Waals surface area (Å²) in [6, 6.07) is 22.2. The van der Waals surface area contributed by atoms with Gasteiger partial charge in [0.2, 0.25) is 0 Å². The van der Waals surface area contributed by atoms with E-state index >= 15 is 0 Å². The average Bonchev–Trinajstić information content (AvgIpc) is 2.65. The quantitative estimate of drug-likeness (QED) is 0.392. The van der Waals surface area contributed by atoms with Crippen LogP contribution in [0.15, 0.2) is 76.7 Å². The molecule has 6 heteroatoms. The summed E-state index contributed by atoms with van der Waals surface area (Å²) < 4.78 is 0. The minimum Gasteiger partial charge on any atom is -1.00 e. The summed E-state index contributed by atoms with van der Waals surface area (Å²) in [7, 11) is 0. The van der Waals surface area contributed by atoms with Gasteiger partial charge in [-0.1, -0.05) is 42.5 Å². The molecule has 0 saturated heterocycles. The fourth-order valence-electron chi connectivity index (χ4n) is 2.69. The van der Waals surface area contributed by atoms with Gasteiger partial charge >= 0.3 is 17.1 Å². The Morgan fingerprint density at radius 3 is 1.38 bits per heavy atom. The van der Waals surface area contributed by atoms with Crippen LogP contribution in [0.1, 0.15) is 36.4 Å². The van der Waals surface area contributed by atoms with Crippen molar-refractivity contribution in [3.05, 3.63) is 89.2 Å². The van der Waals surface area contributed by atoms with Crippen molar-refractivity contribution in [1.82, 2.24) is 4.98 Å². The Morgan fingerprint density at radius 2 is 1.00 bits per heavy atom. The molecule has 0 fully saturated rings. The molecule has 0 aliphatic carbocycles. The van der Waals surface area contributed by atoms with Crippen LogP contribution in [0.5, 0.6) is 0 Å². The molecule has 0 N–H and O–H groups in total. The van der Waals surface area contributed by atoms with Crippen LogP contribution in [-0.2, 0) is 17.1 Å². The molecule has 0 amide bonds. The summed E-state index contributed by atoms with van der Waals surface area (Å²) in [5.41, 5.74) is 7.77. The van der Waals surface area contributed by atoms with Crippen molar-refractivity contribution in [3.63, 3.8) is 0 Å². The summed E-state index contributed by atoms with van der Waals surface area (Å²) in [5, 5.41) is 0. The van der Waals surface area contributed by atoms with E-state index in [9.17, 15) is 0 Å². The Kier molecular flexibility index (Phi) is 11.7. The minimum absolute atomic E-state index is 0. The Balaban J connectivity index is 0.00000261. The van der Waals surface area contributed by atoms with Crippen molar-refractivity contribution in [1.29, 1.82) is 0 Å². The third kappa shape index (κ3) is 7.09. The smallest absolute Gasteiger partial charge is 1.00 e. The van der Waals surface area contributed by atoms with Crippen molar-refractivity contribution in [2.45, 2.75) is 27.7 Å². The molecule has 3 rings (SSSR count). The number of hydrogen-bond acceptors (Lipinski definition) is 3. The molecular formula is C23H23Cl2FeN3. The molecule has 29 heavy (non-hydrogen) atoms. The van der Waals surface area contributed by atoms with Gasteiger partial charge in [-0.15, -0.1) is 0 Å². The third-order valence-electron chi connectivity index (χ3n) is 4.30. The van der Waals surface area contributed by atoms with Crippen LogP contribution in [0.4, 0.5) is 11.4 Å². The van der Waals surface area contributed by atoms with E-state index in [4.69, 9.17) is 15.0 Å². The van der Waals surface area contributed by atoms with E-state index in [0.717, 1.165) is 45.3 Å². The standard InChI is InChI=1S/C23H23N3.2ClH.Fe/c1-16-10-5-7-12-20(16)24-18(3)22-14-9-15-23(26-22)19(4)25-21-13-8-6-11-17(21)2;;;/h5-15H,1-4H3;2*1H;/q;;;+2/p-2/b24-18+,25-19+;;;. The Bertz CT molecular complexity index is 924. The molecule has 2 aromatic carbocycles. The minimum atomic E-state index is 0. The maximum Gasteiger partial charge on any atom is 2.00 e. The second kappa shape index (κ2) is 12.6. The number of pyridine rings is 1. The predicted octanol–water partition coefficient (Wildman–Crippen LogP) is -0.0147. The fraction of sp³-hybridized carbons (Fsp3) is 0.174. The van der Waals surface area contributed by atoms with Crippen LogP contribution in [0.25, 0.3) is 0 Å². The first kappa shape index (κ1) is 27.0. The van der Waals surface area contributed by atoms with Gasteiger partial charge in [-0.2, -0.15) is 0 Å². The zero-order valence-corrected chi connectivity index (χ0v) is 19.4. The molecule has 0 atom stereocenters. The summed E-state index contributed by atoms with van der Waals surface area (Å²) in [6.07, 6.45) is 0. The topological polar surface area (TPSA) is 37.6 Å². The van der Waals surface area contributed by atoms with Crippen molar-refractivity contribution >= 4 is 22.8 Å². The number of rotatable bonds is 4. The number of aliphatic imine (C=N–C) groups is 2. The van der Waals surface area contributed by atoms with E-state index in [1.165, 1.54) is 0 Å². The van der Waals surface area contributed by atoms with Crippen molar-refractivity contribution in [2.24, 2.45) is 9.98 Å². The maximum absolute atomic E-state index is 4.76. The molecule has 1 heterocycles. The summed E-state index contributed by atoms with van der Waals surface area (Å²) >= 11 is 0. The van der Waals surface area contributed by atoms with Crippen LogP contribution in [-0.4, -0.2) is 16.4 Å². The van der Waals surface area contributed by atoms with E-state index in [1.807, 2.05) is 68.4 Å². The van der Waals surface area contributed by atoms with Crippen molar-refractivity contribution in [2.75, 3.05) is 0 Å². The first-order chi connectivity index (χ1) is 12.5. The van der Waals surface area contributed by atoms with Crippen LogP contribution in [0.2, 0.25) is 0 Å². The van der Waals surface area contributed by atoms with E-state index in [2.05, 4.69) is 26.0 Å². The number of hydrogen-bond donors (Lipinski definition) is 0. The van der Waals surface area contributed by atoms with Crippen LogP contribution >= 0.6 is 0 Å². The van der Waals surface area contributed by atoms with Crippen LogP contribution in [0.3, 0.4) is 0 Å². The van der Waals surface area contributed by atoms with Gasteiger partial charge in [0, 0.05) is 0 Å². The number of halogens is 2. The fourth-order valence-corrected chi connectivity index (χ4v) is 2.69. The zero-order chi connectivity index (χ0) is 18.5. The molecule has 3 nitrogen and oxygen atoms in total. The second-order valence-corrected chi connectivity index (χ2v) is 6.38. The third-order valence-corrected chi connectivity index (χ3v) is 4.30. The molecule has 0 aliphatic heterocycles. The Hall–Kier alpha value is -1.97. The molecule has 0 radical (unpaired) electrons. The number of aromatic nitrogens is 1. The molecule has 0 unspecified atom stereocenters. The first-order valence-electron chi connectivity index (χ1n) is 8.74. The second-order valence-electron chi connectivity index (χ2n) is 6.38. The van der Waals surface area contributed by atoms with Gasteiger partial charge in [-0.3, -0.25) is 9.98 Å². The molecule has 0 spiro atoms. The van der Waals surface area contributed by atoms with E-state index < -0.39 is 0 Å². The average molecular weight is 468 g/mol. The van der Waals surface area contributed by atoms with Gasteiger partial charge in [0.1, 0.15) is 0 Å². The summed E-state index contributed by atoms with van der Waals surface area (Å²) in [6.45, 7) is 8.11. The molecule has 1 aromatic heterocycles. The van der Waals surface area contributed by atoms with Gasteiger partial charge in [0.25, 0.3) is 0 Å². The molecule has 152 valence electrons. The molecule has 0 bridgehead atoms. The maximum atomic E-state index is 4.76. The van der Waals surface area contributed by atoms with Crippen molar-refractivity contribution in [3.8, 4) is 0 Å². The molecule has 3 aromatic rings. The number of nitrogens with zero attached hydrogens (tertiary/aromatic N) is 3. The number of benzene rings is 2. The van der Waals surface area contributed by atoms with Gasteiger partial charge in [0.05, 0.1) is 34.2 Å². The van der Waals surface area contributed by atoms with Gasteiger partial charge in [-0.25, -0.2) is 4.98 Å². The van der Waals surface area contributed by atoms with Crippen LogP contribution in [0, 0.1) is 13.8 Å². The first-order valence-corrected chi connectivity index (χ1v) is 8.74. The van der Waals surface area contributed by atoms with Crippen molar-refractivity contribution < 1.29 is 41.9 Å². The largest absolute Gasteiger partial charge is 2.00 e. The van der Waals surface area contributed by atoms with Gasteiger partial charge in [-0.05, 0) is 63.1 Å².